The highest BCUT2D eigenvalue weighted by Crippen LogP contribution is 2.25. The number of carbonyl (C=O) groups excluding carboxylic acids is 2. The summed E-state index contributed by atoms with van der Waals surface area (Å²) in [5.41, 5.74) is 0.599. The van der Waals surface area contributed by atoms with Gasteiger partial charge in [-0.2, -0.15) is 11.3 Å². The van der Waals surface area contributed by atoms with Gasteiger partial charge in [-0.25, -0.2) is 14.6 Å². The van der Waals surface area contributed by atoms with E-state index < -0.39 is 17.7 Å². The first-order chi connectivity index (χ1) is 13.2. The second kappa shape index (κ2) is 9.75. The number of hydrogen-bond acceptors (Lipinski definition) is 7. The molecule has 0 bridgehead atoms. The fraction of sp³-hybridized carbons (Fsp3) is 0.421. The van der Waals surface area contributed by atoms with E-state index in [2.05, 4.69) is 15.6 Å². The Hall–Kier alpha value is -2.32. The lowest BCUT2D eigenvalue weighted by atomic mass is 10.1. The first-order valence-corrected chi connectivity index (χ1v) is 10.1. The van der Waals surface area contributed by atoms with Crippen molar-refractivity contribution in [1.82, 2.24) is 10.3 Å². The van der Waals surface area contributed by atoms with E-state index in [1.54, 1.807) is 33.8 Å². The molecule has 0 radical (unpaired) electrons. The summed E-state index contributed by atoms with van der Waals surface area (Å²) in [5, 5.41) is 10.0. The molecule has 0 aliphatic heterocycles. The summed E-state index contributed by atoms with van der Waals surface area (Å²) < 4.78 is 10.4. The second-order valence-electron chi connectivity index (χ2n) is 6.89. The first kappa shape index (κ1) is 22.0. The van der Waals surface area contributed by atoms with E-state index in [-0.39, 0.29) is 35.7 Å². The van der Waals surface area contributed by atoms with E-state index in [4.69, 9.17) is 21.1 Å². The van der Waals surface area contributed by atoms with Crippen LogP contribution in [-0.4, -0.2) is 35.8 Å². The number of nitrogens with zero attached hydrogens (tertiary/aromatic N) is 1. The van der Waals surface area contributed by atoms with Crippen LogP contribution in [0.15, 0.2) is 29.0 Å². The van der Waals surface area contributed by atoms with Crippen molar-refractivity contribution >= 4 is 40.8 Å². The molecule has 152 valence electrons. The smallest absolute Gasteiger partial charge is 0.407 e. The zero-order valence-electron chi connectivity index (χ0n) is 16.2. The molecule has 0 spiro atoms. The Morgan fingerprint density at radius 3 is 2.64 bits per heavy atom. The Labute approximate surface area is 173 Å². The third kappa shape index (κ3) is 6.69. The molecule has 1 atom stereocenters. The van der Waals surface area contributed by atoms with E-state index in [9.17, 15) is 9.59 Å². The minimum absolute atomic E-state index is 0.224. The van der Waals surface area contributed by atoms with E-state index in [0.29, 0.717) is 0 Å². The van der Waals surface area contributed by atoms with Crippen LogP contribution >= 0.6 is 22.9 Å². The van der Waals surface area contributed by atoms with Crippen molar-refractivity contribution in [2.24, 2.45) is 0 Å². The Balaban J connectivity index is 2.21. The van der Waals surface area contributed by atoms with Gasteiger partial charge >= 0.3 is 12.1 Å². The maximum absolute atomic E-state index is 12.2. The average molecular weight is 426 g/mol. The molecule has 1 unspecified atom stereocenters. The van der Waals surface area contributed by atoms with E-state index in [1.165, 1.54) is 17.4 Å². The minimum Gasteiger partial charge on any atom is -0.462 e. The number of ether oxygens (including phenoxy) is 2. The molecule has 7 nitrogen and oxygen atoms in total. The van der Waals surface area contributed by atoms with Gasteiger partial charge < -0.3 is 20.1 Å². The molecule has 0 fully saturated rings. The van der Waals surface area contributed by atoms with Gasteiger partial charge in [0.25, 0.3) is 0 Å². The topological polar surface area (TPSA) is 89.5 Å². The average Bonchev–Trinajstić information content (AvgIpc) is 3.11. The van der Waals surface area contributed by atoms with Gasteiger partial charge in [0.15, 0.2) is 0 Å². The number of halogens is 1. The number of hydrogen-bond donors (Lipinski definition) is 2. The molecule has 2 rings (SSSR count). The van der Waals surface area contributed by atoms with Crippen molar-refractivity contribution in [1.29, 1.82) is 0 Å². The first-order valence-electron chi connectivity index (χ1n) is 8.78. The fourth-order valence-electron chi connectivity index (χ4n) is 2.31. The number of aromatic nitrogens is 1. The van der Waals surface area contributed by atoms with Crippen LogP contribution in [0, 0.1) is 0 Å². The van der Waals surface area contributed by atoms with Gasteiger partial charge in [0, 0.05) is 6.54 Å². The van der Waals surface area contributed by atoms with Crippen molar-refractivity contribution in [3.05, 3.63) is 45.2 Å². The summed E-state index contributed by atoms with van der Waals surface area (Å²) >= 11 is 7.54. The molecule has 28 heavy (non-hydrogen) atoms. The summed E-state index contributed by atoms with van der Waals surface area (Å²) in [4.78, 5) is 28.5. The summed E-state index contributed by atoms with van der Waals surface area (Å²) in [5.74, 6) is -0.216. The predicted molar refractivity (Wildman–Crippen MR) is 110 cm³/mol. The number of thiophene rings is 1. The maximum Gasteiger partial charge on any atom is 0.407 e. The standard InChI is InChI=1S/C19H24ClN3O4S/c1-5-26-17(24)13-6-7-15(20)23-16(13)22-14(12-8-9-28-11-12)10-21-18(25)27-19(2,3)4/h6-9,11,14H,5,10H2,1-4H3,(H,21,25)(H,22,23). The van der Waals surface area contributed by atoms with E-state index in [1.807, 2.05) is 16.8 Å². The molecule has 0 saturated heterocycles. The van der Waals surface area contributed by atoms with Crippen molar-refractivity contribution < 1.29 is 19.1 Å². The Bertz CT molecular complexity index is 806. The maximum atomic E-state index is 12.2. The van der Waals surface area contributed by atoms with Gasteiger partial charge in [-0.05, 0) is 62.2 Å². The number of amides is 1. The molecular formula is C19H24ClN3O4S. The number of nitrogens with one attached hydrogen (secondary N) is 2. The van der Waals surface area contributed by atoms with Crippen LogP contribution in [0.5, 0.6) is 0 Å². The van der Waals surface area contributed by atoms with Crippen molar-refractivity contribution in [3.8, 4) is 0 Å². The Kier molecular flexibility index (Phi) is 7.65. The Morgan fingerprint density at radius 2 is 2.04 bits per heavy atom. The number of pyridine rings is 1. The molecule has 0 aromatic carbocycles. The molecule has 1 amide bonds. The zero-order valence-corrected chi connectivity index (χ0v) is 17.8. The van der Waals surface area contributed by atoms with Crippen LogP contribution < -0.4 is 10.6 Å². The number of esters is 1. The van der Waals surface area contributed by atoms with Crippen molar-refractivity contribution in [2.45, 2.75) is 39.3 Å². The van der Waals surface area contributed by atoms with E-state index in [0.717, 1.165) is 5.56 Å². The summed E-state index contributed by atoms with van der Waals surface area (Å²) in [6.45, 7) is 7.58. The van der Waals surface area contributed by atoms with Crippen LogP contribution in [0.25, 0.3) is 0 Å². The lowest BCUT2D eigenvalue weighted by molar-refractivity contribution is 0.0513. The quantitative estimate of drug-likeness (QED) is 0.495. The normalized spacial score (nSPS) is 12.2. The second-order valence-corrected chi connectivity index (χ2v) is 8.05. The van der Waals surface area contributed by atoms with E-state index >= 15 is 0 Å². The van der Waals surface area contributed by atoms with Crippen LogP contribution in [0.1, 0.15) is 49.7 Å². The van der Waals surface area contributed by atoms with Gasteiger partial charge in [-0.1, -0.05) is 11.6 Å². The number of anilines is 1. The van der Waals surface area contributed by atoms with Crippen LogP contribution in [0.2, 0.25) is 5.15 Å². The molecule has 2 aromatic rings. The minimum atomic E-state index is -0.596. The van der Waals surface area contributed by atoms with Gasteiger partial charge in [0.05, 0.1) is 12.6 Å². The highest BCUT2D eigenvalue weighted by Gasteiger charge is 2.21. The molecular weight excluding hydrogens is 402 g/mol. The van der Waals surface area contributed by atoms with Crippen LogP contribution in [-0.2, 0) is 9.47 Å². The van der Waals surface area contributed by atoms with Gasteiger partial charge in [0.2, 0.25) is 0 Å². The molecule has 2 aromatic heterocycles. The lowest BCUT2D eigenvalue weighted by Crippen LogP contribution is -2.36. The van der Waals surface area contributed by atoms with Crippen LogP contribution in [0.3, 0.4) is 0 Å². The number of alkyl carbamates (subject to hydrolysis) is 1. The highest BCUT2D eigenvalue weighted by molar-refractivity contribution is 7.08. The lowest BCUT2D eigenvalue weighted by Gasteiger charge is -2.23. The summed E-state index contributed by atoms with van der Waals surface area (Å²) in [6.07, 6.45) is -0.529. The monoisotopic (exact) mass is 425 g/mol. The summed E-state index contributed by atoms with van der Waals surface area (Å²) in [7, 11) is 0. The van der Waals surface area contributed by atoms with Gasteiger partial charge in [-0.15, -0.1) is 0 Å². The van der Waals surface area contributed by atoms with Gasteiger partial charge in [0.1, 0.15) is 22.1 Å². The van der Waals surface area contributed by atoms with Crippen LogP contribution in [0.4, 0.5) is 10.6 Å². The van der Waals surface area contributed by atoms with Gasteiger partial charge in [-0.3, -0.25) is 0 Å². The number of rotatable bonds is 7. The molecule has 0 aliphatic carbocycles. The predicted octanol–water partition coefficient (Wildman–Crippen LogP) is 4.65. The molecule has 9 heteroatoms. The molecule has 2 N–H and O–H groups in total. The Morgan fingerprint density at radius 1 is 1.29 bits per heavy atom. The third-order valence-electron chi connectivity index (χ3n) is 3.46. The van der Waals surface area contributed by atoms with Crippen molar-refractivity contribution in [2.75, 3.05) is 18.5 Å². The highest BCUT2D eigenvalue weighted by atomic mass is 35.5. The van der Waals surface area contributed by atoms with Crippen molar-refractivity contribution in [3.63, 3.8) is 0 Å². The largest absolute Gasteiger partial charge is 0.462 e. The summed E-state index contributed by atoms with van der Waals surface area (Å²) in [6, 6.07) is 4.66. The molecule has 2 heterocycles. The molecule has 0 aliphatic rings. The number of carbonyl (C=O) groups is 2. The third-order valence-corrected chi connectivity index (χ3v) is 4.37. The molecule has 0 saturated carbocycles. The fourth-order valence-corrected chi connectivity index (χ4v) is 3.17. The SMILES string of the molecule is CCOC(=O)c1ccc(Cl)nc1NC(CNC(=O)OC(C)(C)C)c1ccsc1. The zero-order chi connectivity index (χ0) is 20.7.